The van der Waals surface area contributed by atoms with Crippen LogP contribution in [0.25, 0.3) is 0 Å². The Bertz CT molecular complexity index is 500. The molecule has 1 aromatic rings. The number of sulfone groups is 1. The number of carbonyl (C=O) groups is 1. The first kappa shape index (κ1) is 13.4. The average molecular weight is 254 g/mol. The second-order valence-corrected chi connectivity index (χ2v) is 5.72. The van der Waals surface area contributed by atoms with Crippen LogP contribution in [0.4, 0.5) is 0 Å². The lowest BCUT2D eigenvalue weighted by Gasteiger charge is -2.06. The Labute approximate surface area is 101 Å². The molecule has 0 aromatic heterocycles. The van der Waals surface area contributed by atoms with E-state index in [1.54, 1.807) is 24.3 Å². The summed E-state index contributed by atoms with van der Waals surface area (Å²) >= 11 is 0. The van der Waals surface area contributed by atoms with Gasteiger partial charge >= 0.3 is 0 Å². The third-order valence-corrected chi connectivity index (χ3v) is 3.91. The van der Waals surface area contributed by atoms with E-state index in [-0.39, 0.29) is 23.7 Å². The molecule has 0 bridgehead atoms. The smallest absolute Gasteiger partial charge is 0.293 e. The summed E-state index contributed by atoms with van der Waals surface area (Å²) in [7, 11) is -3.40. The maximum atomic E-state index is 11.9. The van der Waals surface area contributed by atoms with Crippen molar-refractivity contribution in [3.63, 3.8) is 0 Å². The van der Waals surface area contributed by atoms with E-state index in [4.69, 9.17) is 0 Å². The Morgan fingerprint density at radius 3 is 2.47 bits per heavy atom. The molecule has 0 aliphatic rings. The van der Waals surface area contributed by atoms with Crippen LogP contribution in [0.1, 0.15) is 5.56 Å². The van der Waals surface area contributed by atoms with Crippen LogP contribution in [-0.4, -0.2) is 27.2 Å². The molecular formula is C12H14O4S. The molecule has 17 heavy (non-hydrogen) atoms. The summed E-state index contributed by atoms with van der Waals surface area (Å²) in [5, 5.41) is 0. The molecule has 0 atom stereocenters. The minimum atomic E-state index is -3.40. The summed E-state index contributed by atoms with van der Waals surface area (Å²) in [6.45, 7) is 5.63. The number of hydrogen-bond donors (Lipinski definition) is 0. The summed E-state index contributed by atoms with van der Waals surface area (Å²) in [6.07, 6.45) is 0. The molecule has 92 valence electrons. The highest BCUT2D eigenvalue weighted by Crippen LogP contribution is 2.14. The van der Waals surface area contributed by atoms with Gasteiger partial charge in [0, 0.05) is 0 Å². The zero-order valence-corrected chi connectivity index (χ0v) is 10.4. The maximum Gasteiger partial charge on any atom is 0.293 e. The highest BCUT2D eigenvalue weighted by atomic mass is 32.2. The third-order valence-electron chi connectivity index (χ3n) is 2.13. The molecule has 0 saturated carbocycles. The molecule has 0 aliphatic heterocycles. The quantitative estimate of drug-likeness (QED) is 0.570. The predicted molar refractivity (Wildman–Crippen MR) is 64.4 cm³/mol. The molecule has 0 aliphatic carbocycles. The van der Waals surface area contributed by atoms with Crippen LogP contribution in [0.15, 0.2) is 41.3 Å². The van der Waals surface area contributed by atoms with Crippen molar-refractivity contribution in [2.45, 2.75) is 11.8 Å². The number of hydrogen-bond acceptors (Lipinski definition) is 4. The van der Waals surface area contributed by atoms with E-state index in [9.17, 15) is 13.2 Å². The van der Waals surface area contributed by atoms with E-state index in [0.717, 1.165) is 5.56 Å². The molecule has 0 amide bonds. The molecular weight excluding hydrogens is 240 g/mol. The third kappa shape index (κ3) is 4.03. The number of rotatable bonds is 6. The molecule has 0 saturated heterocycles. The van der Waals surface area contributed by atoms with Gasteiger partial charge in [-0.1, -0.05) is 24.3 Å². The van der Waals surface area contributed by atoms with E-state index in [1.165, 1.54) is 0 Å². The average Bonchev–Trinajstić information content (AvgIpc) is 2.26. The summed E-state index contributed by atoms with van der Waals surface area (Å²) in [5.41, 5.74) is 1.34. The predicted octanol–water partition coefficient (Wildman–Crippen LogP) is 1.50. The van der Waals surface area contributed by atoms with Gasteiger partial charge in [0.2, 0.25) is 0 Å². The van der Waals surface area contributed by atoms with Crippen LogP contribution in [0.5, 0.6) is 0 Å². The number of benzene rings is 1. The topological polar surface area (TPSA) is 60.4 Å². The zero-order valence-electron chi connectivity index (χ0n) is 9.55. The first-order chi connectivity index (χ1) is 7.95. The van der Waals surface area contributed by atoms with Gasteiger partial charge < -0.3 is 4.74 Å². The molecule has 5 heteroatoms. The monoisotopic (exact) mass is 254 g/mol. The van der Waals surface area contributed by atoms with Gasteiger partial charge in [-0.15, -0.1) is 0 Å². The van der Waals surface area contributed by atoms with Crippen molar-refractivity contribution in [3.05, 3.63) is 42.0 Å². The number of carbonyl (C=O) groups excluding carboxylic acids is 1. The molecule has 0 N–H and O–H groups in total. The summed E-state index contributed by atoms with van der Waals surface area (Å²) in [6, 6.07) is 6.58. The van der Waals surface area contributed by atoms with Crippen LogP contribution < -0.4 is 0 Å². The first-order valence-corrected chi connectivity index (χ1v) is 6.62. The first-order valence-electron chi connectivity index (χ1n) is 4.97. The minimum Gasteiger partial charge on any atom is -0.463 e. The van der Waals surface area contributed by atoms with Crippen molar-refractivity contribution in [2.75, 3.05) is 12.4 Å². The normalized spacial score (nSPS) is 10.9. The van der Waals surface area contributed by atoms with Crippen molar-refractivity contribution in [1.29, 1.82) is 0 Å². The van der Waals surface area contributed by atoms with Gasteiger partial charge in [-0.05, 0) is 24.6 Å². The lowest BCUT2D eigenvalue weighted by atomic mass is 10.2. The Hall–Kier alpha value is -1.62. The Morgan fingerprint density at radius 1 is 1.35 bits per heavy atom. The fourth-order valence-electron chi connectivity index (χ4n) is 1.29. The largest absolute Gasteiger partial charge is 0.463 e. The van der Waals surface area contributed by atoms with Gasteiger partial charge in [-0.25, -0.2) is 8.42 Å². The molecule has 0 radical (unpaired) electrons. The zero-order chi connectivity index (χ0) is 12.9. The maximum absolute atomic E-state index is 11.9. The van der Waals surface area contributed by atoms with Crippen LogP contribution in [0.2, 0.25) is 0 Å². The second kappa shape index (κ2) is 5.63. The number of ether oxygens (including phenoxy) is 1. The second-order valence-electron chi connectivity index (χ2n) is 3.73. The Kier molecular flexibility index (Phi) is 4.45. The Morgan fingerprint density at radius 2 is 1.94 bits per heavy atom. The molecule has 0 fully saturated rings. The van der Waals surface area contributed by atoms with Crippen molar-refractivity contribution >= 4 is 16.3 Å². The van der Waals surface area contributed by atoms with Crippen LogP contribution in [0.3, 0.4) is 0 Å². The fraction of sp³-hybridized carbons (Fsp3) is 0.250. The highest BCUT2D eigenvalue weighted by Gasteiger charge is 2.15. The van der Waals surface area contributed by atoms with Crippen molar-refractivity contribution in [2.24, 2.45) is 0 Å². The summed E-state index contributed by atoms with van der Waals surface area (Å²) in [5.74, 6) is -0.218. The van der Waals surface area contributed by atoms with Gasteiger partial charge in [0.1, 0.15) is 6.61 Å². The molecule has 1 aromatic carbocycles. The fourth-order valence-corrected chi connectivity index (χ4v) is 2.63. The van der Waals surface area contributed by atoms with E-state index in [1.807, 2.05) is 6.92 Å². The standard InChI is InChI=1S/C12H14O4S/c1-10-3-5-12(6-4-10)17(14,15)8-11(2)7-16-9-13/h3-6,9H,2,7-8H2,1H3. The van der Waals surface area contributed by atoms with Gasteiger partial charge in [-0.3, -0.25) is 4.79 Å². The lowest BCUT2D eigenvalue weighted by Crippen LogP contribution is -2.11. The Balaban J connectivity index is 2.78. The molecule has 0 spiro atoms. The van der Waals surface area contributed by atoms with Gasteiger partial charge in [0.05, 0.1) is 10.6 Å². The SMILES string of the molecule is C=C(COC=O)CS(=O)(=O)c1ccc(C)cc1. The van der Waals surface area contributed by atoms with Crippen LogP contribution in [0, 0.1) is 6.92 Å². The number of aryl methyl sites for hydroxylation is 1. The summed E-state index contributed by atoms with van der Waals surface area (Å²) < 4.78 is 28.3. The van der Waals surface area contributed by atoms with E-state index in [2.05, 4.69) is 11.3 Å². The molecule has 4 nitrogen and oxygen atoms in total. The van der Waals surface area contributed by atoms with Crippen molar-refractivity contribution in [1.82, 2.24) is 0 Å². The highest BCUT2D eigenvalue weighted by molar-refractivity contribution is 7.91. The molecule has 0 unspecified atom stereocenters. The van der Waals surface area contributed by atoms with Gasteiger partial charge in [0.15, 0.2) is 9.84 Å². The van der Waals surface area contributed by atoms with Crippen LogP contribution in [-0.2, 0) is 19.4 Å². The van der Waals surface area contributed by atoms with E-state index in [0.29, 0.717) is 5.57 Å². The van der Waals surface area contributed by atoms with Crippen LogP contribution >= 0.6 is 0 Å². The van der Waals surface area contributed by atoms with Gasteiger partial charge in [0.25, 0.3) is 6.47 Å². The van der Waals surface area contributed by atoms with E-state index < -0.39 is 9.84 Å². The molecule has 1 rings (SSSR count). The summed E-state index contributed by atoms with van der Waals surface area (Å²) in [4.78, 5) is 10.2. The molecule has 0 heterocycles. The van der Waals surface area contributed by atoms with E-state index >= 15 is 0 Å². The minimum absolute atomic E-state index is 0.0748. The van der Waals surface area contributed by atoms with Crippen molar-refractivity contribution in [3.8, 4) is 0 Å². The lowest BCUT2D eigenvalue weighted by molar-refractivity contribution is -0.127. The van der Waals surface area contributed by atoms with Crippen molar-refractivity contribution < 1.29 is 17.9 Å². The van der Waals surface area contributed by atoms with Gasteiger partial charge in [-0.2, -0.15) is 0 Å².